The zero-order valence-electron chi connectivity index (χ0n) is 13.3. The standard InChI is InChI=1S/C16H25N3O2/c1-5-6-7-8-19(12(2)3)16(21)15(20)18-14-9-13(4)10-17-11-14/h9-12H,5-8H2,1-4H3,(H,18,20). The Bertz CT molecular complexity index is 486. The van der Waals surface area contributed by atoms with Gasteiger partial charge in [-0.05, 0) is 38.8 Å². The molecular formula is C16H25N3O2. The highest BCUT2D eigenvalue weighted by atomic mass is 16.2. The van der Waals surface area contributed by atoms with Gasteiger partial charge < -0.3 is 10.2 Å². The Labute approximate surface area is 126 Å². The number of unbranched alkanes of at least 4 members (excludes halogenated alkanes) is 2. The molecule has 5 nitrogen and oxygen atoms in total. The molecule has 21 heavy (non-hydrogen) atoms. The third-order valence-corrected chi connectivity index (χ3v) is 3.21. The molecule has 0 aliphatic carbocycles. The van der Waals surface area contributed by atoms with Crippen molar-refractivity contribution in [1.82, 2.24) is 9.88 Å². The molecule has 0 atom stereocenters. The number of hydrogen-bond acceptors (Lipinski definition) is 3. The average Bonchev–Trinajstić information content (AvgIpc) is 2.42. The molecule has 2 amide bonds. The van der Waals surface area contributed by atoms with Gasteiger partial charge in [0.2, 0.25) is 0 Å². The van der Waals surface area contributed by atoms with Crippen molar-refractivity contribution in [2.75, 3.05) is 11.9 Å². The summed E-state index contributed by atoms with van der Waals surface area (Å²) in [5.74, 6) is -1.09. The lowest BCUT2D eigenvalue weighted by Gasteiger charge is -2.26. The molecule has 0 aliphatic heterocycles. The number of nitrogens with zero attached hydrogens (tertiary/aromatic N) is 2. The predicted octanol–water partition coefficient (Wildman–Crippen LogP) is 2.76. The Morgan fingerprint density at radius 3 is 2.57 bits per heavy atom. The Morgan fingerprint density at radius 2 is 2.00 bits per heavy atom. The van der Waals surface area contributed by atoms with E-state index in [2.05, 4.69) is 17.2 Å². The number of aryl methyl sites for hydroxylation is 1. The van der Waals surface area contributed by atoms with Crippen LogP contribution < -0.4 is 5.32 Å². The van der Waals surface area contributed by atoms with E-state index in [0.717, 1.165) is 24.8 Å². The smallest absolute Gasteiger partial charge is 0.313 e. The van der Waals surface area contributed by atoms with Gasteiger partial charge in [-0.3, -0.25) is 14.6 Å². The molecule has 1 heterocycles. The first-order chi connectivity index (χ1) is 9.95. The van der Waals surface area contributed by atoms with Crippen molar-refractivity contribution in [3.05, 3.63) is 24.0 Å². The van der Waals surface area contributed by atoms with Crippen molar-refractivity contribution in [2.45, 2.75) is 53.0 Å². The number of aromatic nitrogens is 1. The van der Waals surface area contributed by atoms with Gasteiger partial charge >= 0.3 is 11.8 Å². The number of anilines is 1. The van der Waals surface area contributed by atoms with Gasteiger partial charge in [0.1, 0.15) is 0 Å². The fraction of sp³-hybridized carbons (Fsp3) is 0.562. The summed E-state index contributed by atoms with van der Waals surface area (Å²) < 4.78 is 0. The summed E-state index contributed by atoms with van der Waals surface area (Å²) >= 11 is 0. The van der Waals surface area contributed by atoms with Crippen LogP contribution in [-0.4, -0.2) is 34.3 Å². The number of pyridine rings is 1. The number of hydrogen-bond donors (Lipinski definition) is 1. The molecule has 0 bridgehead atoms. The summed E-state index contributed by atoms with van der Waals surface area (Å²) in [6.07, 6.45) is 6.29. The molecule has 5 heteroatoms. The monoisotopic (exact) mass is 291 g/mol. The van der Waals surface area contributed by atoms with Crippen LogP contribution >= 0.6 is 0 Å². The van der Waals surface area contributed by atoms with Crippen molar-refractivity contribution >= 4 is 17.5 Å². The first kappa shape index (κ1) is 17.1. The van der Waals surface area contributed by atoms with Gasteiger partial charge in [0, 0.05) is 18.8 Å². The minimum atomic E-state index is -0.604. The first-order valence-electron chi connectivity index (χ1n) is 7.49. The molecule has 0 radical (unpaired) electrons. The lowest BCUT2D eigenvalue weighted by atomic mass is 10.2. The van der Waals surface area contributed by atoms with Crippen LogP contribution in [0.15, 0.2) is 18.5 Å². The maximum atomic E-state index is 12.3. The Hall–Kier alpha value is -1.91. The molecule has 0 unspecified atom stereocenters. The Kier molecular flexibility index (Phi) is 6.85. The Balaban J connectivity index is 2.67. The number of carbonyl (C=O) groups excluding carboxylic acids is 2. The molecular weight excluding hydrogens is 266 g/mol. The normalized spacial score (nSPS) is 10.5. The molecule has 0 saturated heterocycles. The van der Waals surface area contributed by atoms with Crippen LogP contribution in [-0.2, 0) is 9.59 Å². The summed E-state index contributed by atoms with van der Waals surface area (Å²) in [6.45, 7) is 8.45. The van der Waals surface area contributed by atoms with Crippen LogP contribution in [0.2, 0.25) is 0 Å². The van der Waals surface area contributed by atoms with Gasteiger partial charge in [-0.2, -0.15) is 0 Å². The van der Waals surface area contributed by atoms with E-state index in [1.54, 1.807) is 17.2 Å². The van der Waals surface area contributed by atoms with Crippen LogP contribution in [0.5, 0.6) is 0 Å². The van der Waals surface area contributed by atoms with Crippen molar-refractivity contribution in [1.29, 1.82) is 0 Å². The van der Waals surface area contributed by atoms with E-state index in [9.17, 15) is 9.59 Å². The molecule has 1 N–H and O–H groups in total. The molecule has 1 rings (SSSR count). The third kappa shape index (κ3) is 5.53. The summed E-state index contributed by atoms with van der Waals surface area (Å²) in [5.41, 5.74) is 1.48. The summed E-state index contributed by atoms with van der Waals surface area (Å²) in [7, 11) is 0. The Morgan fingerprint density at radius 1 is 1.29 bits per heavy atom. The fourth-order valence-electron chi connectivity index (χ4n) is 2.06. The van der Waals surface area contributed by atoms with Gasteiger partial charge in [0.05, 0.1) is 11.9 Å². The van der Waals surface area contributed by atoms with Crippen molar-refractivity contribution in [3.63, 3.8) is 0 Å². The second-order valence-corrected chi connectivity index (χ2v) is 5.50. The van der Waals surface area contributed by atoms with Gasteiger partial charge in [-0.25, -0.2) is 0 Å². The molecule has 1 aromatic heterocycles. The molecule has 0 fully saturated rings. The molecule has 0 saturated carbocycles. The summed E-state index contributed by atoms with van der Waals surface area (Å²) in [6, 6.07) is 1.80. The van der Waals surface area contributed by atoms with Gasteiger partial charge in [0.25, 0.3) is 0 Å². The number of amides is 2. The minimum absolute atomic E-state index is 0.00994. The van der Waals surface area contributed by atoms with Crippen molar-refractivity contribution < 1.29 is 9.59 Å². The lowest BCUT2D eigenvalue weighted by Crippen LogP contribution is -2.44. The van der Waals surface area contributed by atoms with E-state index < -0.39 is 11.8 Å². The molecule has 0 aromatic carbocycles. The van der Waals surface area contributed by atoms with E-state index in [1.807, 2.05) is 20.8 Å². The highest BCUT2D eigenvalue weighted by molar-refractivity contribution is 6.39. The third-order valence-electron chi connectivity index (χ3n) is 3.21. The maximum absolute atomic E-state index is 12.3. The average molecular weight is 291 g/mol. The second-order valence-electron chi connectivity index (χ2n) is 5.50. The number of carbonyl (C=O) groups is 2. The van der Waals surface area contributed by atoms with E-state index >= 15 is 0 Å². The summed E-state index contributed by atoms with van der Waals surface area (Å²) in [5, 5.41) is 2.62. The van der Waals surface area contributed by atoms with Crippen LogP contribution in [0.4, 0.5) is 5.69 Å². The topological polar surface area (TPSA) is 62.3 Å². The number of rotatable bonds is 6. The summed E-state index contributed by atoms with van der Waals surface area (Å²) in [4.78, 5) is 30.0. The number of nitrogens with one attached hydrogen (secondary N) is 1. The van der Waals surface area contributed by atoms with E-state index in [4.69, 9.17) is 0 Å². The van der Waals surface area contributed by atoms with Crippen molar-refractivity contribution in [3.8, 4) is 0 Å². The maximum Gasteiger partial charge on any atom is 0.313 e. The van der Waals surface area contributed by atoms with Crippen LogP contribution in [0.1, 0.15) is 45.6 Å². The molecule has 1 aromatic rings. The van der Waals surface area contributed by atoms with Gasteiger partial charge in [0.15, 0.2) is 0 Å². The van der Waals surface area contributed by atoms with E-state index in [0.29, 0.717) is 12.2 Å². The van der Waals surface area contributed by atoms with Crippen LogP contribution in [0, 0.1) is 6.92 Å². The zero-order valence-corrected chi connectivity index (χ0v) is 13.3. The first-order valence-corrected chi connectivity index (χ1v) is 7.49. The van der Waals surface area contributed by atoms with Crippen molar-refractivity contribution in [2.24, 2.45) is 0 Å². The fourth-order valence-corrected chi connectivity index (χ4v) is 2.06. The predicted molar refractivity (Wildman–Crippen MR) is 84.0 cm³/mol. The highest BCUT2D eigenvalue weighted by Gasteiger charge is 2.23. The quantitative estimate of drug-likeness (QED) is 0.647. The van der Waals surface area contributed by atoms with E-state index in [1.165, 1.54) is 6.20 Å². The van der Waals surface area contributed by atoms with Gasteiger partial charge in [-0.15, -0.1) is 0 Å². The molecule has 116 valence electrons. The van der Waals surface area contributed by atoms with Crippen LogP contribution in [0.3, 0.4) is 0 Å². The van der Waals surface area contributed by atoms with E-state index in [-0.39, 0.29) is 6.04 Å². The lowest BCUT2D eigenvalue weighted by molar-refractivity contribution is -0.144. The zero-order chi connectivity index (χ0) is 15.8. The van der Waals surface area contributed by atoms with Gasteiger partial charge in [-0.1, -0.05) is 19.8 Å². The van der Waals surface area contributed by atoms with Crippen LogP contribution in [0.25, 0.3) is 0 Å². The molecule has 0 aliphatic rings. The minimum Gasteiger partial charge on any atom is -0.332 e. The second kappa shape index (κ2) is 8.39. The molecule has 0 spiro atoms. The largest absolute Gasteiger partial charge is 0.332 e. The SMILES string of the molecule is CCCCCN(C(=O)C(=O)Nc1cncc(C)c1)C(C)C. The highest BCUT2D eigenvalue weighted by Crippen LogP contribution is 2.09.